The molecular weight excluding hydrogens is 268 g/mol. The Morgan fingerprint density at radius 2 is 1.77 bits per heavy atom. The van der Waals surface area contributed by atoms with Crippen molar-refractivity contribution < 1.29 is 0 Å². The molecule has 0 N–H and O–H groups in total. The van der Waals surface area contributed by atoms with Gasteiger partial charge in [-0.05, 0) is 64.7 Å². The molecule has 2 rings (SSSR count). The van der Waals surface area contributed by atoms with Gasteiger partial charge in [-0.3, -0.25) is 9.80 Å². The van der Waals surface area contributed by atoms with Crippen LogP contribution in [0.3, 0.4) is 0 Å². The first-order valence-corrected chi connectivity index (χ1v) is 9.17. The molecule has 1 fully saturated rings. The molecule has 1 aliphatic rings. The number of benzene rings is 1. The third-order valence-corrected chi connectivity index (χ3v) is 5.19. The molecule has 0 aliphatic carbocycles. The lowest BCUT2D eigenvalue weighted by atomic mass is 9.99. The van der Waals surface area contributed by atoms with Gasteiger partial charge in [0.05, 0.1) is 0 Å². The van der Waals surface area contributed by atoms with E-state index in [9.17, 15) is 0 Å². The van der Waals surface area contributed by atoms with E-state index in [1.165, 1.54) is 56.4 Å². The second-order valence-corrected chi connectivity index (χ2v) is 6.99. The van der Waals surface area contributed by atoms with Gasteiger partial charge in [0.25, 0.3) is 0 Å². The number of hydrogen-bond acceptors (Lipinski definition) is 2. The summed E-state index contributed by atoms with van der Waals surface area (Å²) in [5, 5.41) is 0. The average molecular weight is 303 g/mol. The largest absolute Gasteiger partial charge is 0.299 e. The van der Waals surface area contributed by atoms with Gasteiger partial charge in [0.2, 0.25) is 0 Å². The Hall–Kier alpha value is -0.860. The number of likely N-dealkylation sites (tertiary alicyclic amines) is 1. The first-order valence-electron chi connectivity index (χ1n) is 9.17. The summed E-state index contributed by atoms with van der Waals surface area (Å²) < 4.78 is 0. The minimum Gasteiger partial charge on any atom is -0.299 e. The van der Waals surface area contributed by atoms with Crippen molar-refractivity contribution in [2.45, 2.75) is 72.0 Å². The minimum absolute atomic E-state index is 0.730. The molecule has 0 spiro atoms. The predicted octanol–water partition coefficient (Wildman–Crippen LogP) is 4.47. The van der Waals surface area contributed by atoms with E-state index in [0.29, 0.717) is 0 Å². The van der Waals surface area contributed by atoms with Gasteiger partial charge < -0.3 is 0 Å². The van der Waals surface area contributed by atoms with Crippen LogP contribution in [0.5, 0.6) is 0 Å². The lowest BCUT2D eigenvalue weighted by molar-refractivity contribution is 0.0748. The molecular formula is C20H34N2. The fraction of sp³-hybridized carbons (Fsp3) is 0.700. The standard InChI is InChI=1S/C20H34N2/c1-5-13-22(18(4)6-2)20-11-14-21(15-12-20)16-19-9-7-17(3)8-10-19/h7-10,18,20H,5-6,11-16H2,1-4H3. The molecule has 1 saturated heterocycles. The molecule has 1 aromatic rings. The van der Waals surface area contributed by atoms with E-state index >= 15 is 0 Å². The van der Waals surface area contributed by atoms with Crippen molar-refractivity contribution in [2.24, 2.45) is 0 Å². The summed E-state index contributed by atoms with van der Waals surface area (Å²) in [6.45, 7) is 14.1. The summed E-state index contributed by atoms with van der Waals surface area (Å²) in [6, 6.07) is 10.5. The minimum atomic E-state index is 0.730. The van der Waals surface area contributed by atoms with Crippen LogP contribution in [0, 0.1) is 6.92 Å². The average Bonchev–Trinajstić information content (AvgIpc) is 2.55. The Bertz CT molecular complexity index is 418. The van der Waals surface area contributed by atoms with Crippen molar-refractivity contribution >= 4 is 0 Å². The van der Waals surface area contributed by atoms with Gasteiger partial charge in [-0.1, -0.05) is 43.7 Å². The zero-order valence-electron chi connectivity index (χ0n) is 15.0. The second kappa shape index (κ2) is 8.69. The molecule has 0 amide bonds. The van der Waals surface area contributed by atoms with Crippen LogP contribution >= 0.6 is 0 Å². The smallest absolute Gasteiger partial charge is 0.0233 e. The monoisotopic (exact) mass is 302 g/mol. The molecule has 124 valence electrons. The fourth-order valence-electron chi connectivity index (χ4n) is 3.62. The van der Waals surface area contributed by atoms with Gasteiger partial charge in [0.15, 0.2) is 0 Å². The molecule has 0 bridgehead atoms. The van der Waals surface area contributed by atoms with E-state index in [0.717, 1.165) is 18.6 Å². The highest BCUT2D eigenvalue weighted by molar-refractivity contribution is 5.21. The first kappa shape index (κ1) is 17.5. The van der Waals surface area contributed by atoms with E-state index < -0.39 is 0 Å². The Kier molecular flexibility index (Phi) is 6.91. The maximum absolute atomic E-state index is 2.77. The first-order chi connectivity index (χ1) is 10.6. The fourth-order valence-corrected chi connectivity index (χ4v) is 3.62. The van der Waals surface area contributed by atoms with Crippen LogP contribution < -0.4 is 0 Å². The van der Waals surface area contributed by atoms with E-state index in [4.69, 9.17) is 0 Å². The van der Waals surface area contributed by atoms with Gasteiger partial charge in [0.1, 0.15) is 0 Å². The Morgan fingerprint density at radius 3 is 2.32 bits per heavy atom. The Morgan fingerprint density at radius 1 is 1.14 bits per heavy atom. The molecule has 1 unspecified atom stereocenters. The van der Waals surface area contributed by atoms with Gasteiger partial charge in [-0.25, -0.2) is 0 Å². The van der Waals surface area contributed by atoms with E-state index in [2.05, 4.69) is 61.8 Å². The van der Waals surface area contributed by atoms with Gasteiger partial charge in [-0.15, -0.1) is 0 Å². The molecule has 1 atom stereocenters. The van der Waals surface area contributed by atoms with Crippen LogP contribution in [0.4, 0.5) is 0 Å². The number of hydrogen-bond donors (Lipinski definition) is 0. The number of rotatable bonds is 7. The lowest BCUT2D eigenvalue weighted by Gasteiger charge is -2.41. The highest BCUT2D eigenvalue weighted by Gasteiger charge is 2.26. The highest BCUT2D eigenvalue weighted by atomic mass is 15.2. The van der Waals surface area contributed by atoms with Crippen molar-refractivity contribution in [1.82, 2.24) is 9.80 Å². The summed E-state index contributed by atoms with van der Waals surface area (Å²) in [4.78, 5) is 5.39. The van der Waals surface area contributed by atoms with Crippen molar-refractivity contribution in [3.63, 3.8) is 0 Å². The summed E-state index contributed by atoms with van der Waals surface area (Å²) >= 11 is 0. The number of aryl methyl sites for hydroxylation is 1. The van der Waals surface area contributed by atoms with Crippen LogP contribution in [0.25, 0.3) is 0 Å². The zero-order chi connectivity index (χ0) is 15.9. The zero-order valence-corrected chi connectivity index (χ0v) is 15.0. The summed E-state index contributed by atoms with van der Waals surface area (Å²) in [5.74, 6) is 0. The predicted molar refractivity (Wildman–Crippen MR) is 96.2 cm³/mol. The van der Waals surface area contributed by atoms with Crippen LogP contribution in [0.2, 0.25) is 0 Å². The normalized spacial score (nSPS) is 18.8. The molecule has 1 aliphatic heterocycles. The van der Waals surface area contributed by atoms with Crippen LogP contribution in [0.1, 0.15) is 57.6 Å². The maximum Gasteiger partial charge on any atom is 0.0233 e. The van der Waals surface area contributed by atoms with E-state index in [1.807, 2.05) is 0 Å². The van der Waals surface area contributed by atoms with Crippen LogP contribution in [-0.4, -0.2) is 41.5 Å². The quantitative estimate of drug-likeness (QED) is 0.733. The Balaban J connectivity index is 1.85. The summed E-state index contributed by atoms with van der Waals surface area (Å²) in [5.41, 5.74) is 2.81. The molecule has 0 aromatic heterocycles. The van der Waals surface area contributed by atoms with Gasteiger partial charge >= 0.3 is 0 Å². The molecule has 2 nitrogen and oxygen atoms in total. The Labute approximate surface area is 137 Å². The molecule has 0 saturated carbocycles. The maximum atomic E-state index is 2.77. The summed E-state index contributed by atoms with van der Waals surface area (Å²) in [6.07, 6.45) is 5.20. The summed E-state index contributed by atoms with van der Waals surface area (Å²) in [7, 11) is 0. The van der Waals surface area contributed by atoms with Crippen molar-refractivity contribution in [3.05, 3.63) is 35.4 Å². The lowest BCUT2D eigenvalue weighted by Crippen LogP contribution is -2.48. The van der Waals surface area contributed by atoms with Gasteiger partial charge in [-0.2, -0.15) is 0 Å². The van der Waals surface area contributed by atoms with E-state index in [-0.39, 0.29) is 0 Å². The van der Waals surface area contributed by atoms with Crippen molar-refractivity contribution in [1.29, 1.82) is 0 Å². The second-order valence-electron chi connectivity index (χ2n) is 6.99. The van der Waals surface area contributed by atoms with Gasteiger partial charge in [0, 0.05) is 18.6 Å². The molecule has 2 heteroatoms. The molecule has 1 heterocycles. The van der Waals surface area contributed by atoms with Crippen LogP contribution in [0.15, 0.2) is 24.3 Å². The van der Waals surface area contributed by atoms with Crippen LogP contribution in [-0.2, 0) is 6.54 Å². The SMILES string of the molecule is CCCN(C(C)CC)C1CCN(Cc2ccc(C)cc2)CC1. The third-order valence-electron chi connectivity index (χ3n) is 5.19. The third kappa shape index (κ3) is 4.82. The molecule has 1 aromatic carbocycles. The van der Waals surface area contributed by atoms with Crippen molar-refractivity contribution in [3.8, 4) is 0 Å². The number of piperidine rings is 1. The number of nitrogens with zero attached hydrogens (tertiary/aromatic N) is 2. The topological polar surface area (TPSA) is 6.48 Å². The molecule has 22 heavy (non-hydrogen) atoms. The highest BCUT2D eigenvalue weighted by Crippen LogP contribution is 2.21. The van der Waals surface area contributed by atoms with E-state index in [1.54, 1.807) is 0 Å². The molecule has 0 radical (unpaired) electrons. The van der Waals surface area contributed by atoms with Crippen molar-refractivity contribution in [2.75, 3.05) is 19.6 Å².